The van der Waals surface area contributed by atoms with Gasteiger partial charge in [0, 0.05) is 12.6 Å². The van der Waals surface area contributed by atoms with Crippen LogP contribution in [-0.4, -0.2) is 25.2 Å². The highest BCUT2D eigenvalue weighted by molar-refractivity contribution is 5.86. The zero-order valence-electron chi connectivity index (χ0n) is 12.8. The Hall–Kier alpha value is -1.39. The van der Waals surface area contributed by atoms with Gasteiger partial charge in [0.05, 0.1) is 6.61 Å². The Morgan fingerprint density at radius 2 is 2.05 bits per heavy atom. The molecule has 1 fully saturated rings. The van der Waals surface area contributed by atoms with E-state index in [1.54, 1.807) is 0 Å². The summed E-state index contributed by atoms with van der Waals surface area (Å²) < 4.78 is 5.78. The standard InChI is InChI=1S/C17H26N2O2/c1-2-3-7-12-21-13-17(16(18)20,19-15-10-11-15)14-8-5-4-6-9-14/h4-6,8-9,15,19H,2-3,7,10-13H2,1H3,(H2,18,20). The maximum atomic E-state index is 12.2. The number of hydrogen-bond acceptors (Lipinski definition) is 3. The number of carbonyl (C=O) groups excluding carboxylic acids is 1. The Bertz CT molecular complexity index is 445. The molecular formula is C17H26N2O2. The molecule has 4 heteroatoms. The lowest BCUT2D eigenvalue weighted by Crippen LogP contribution is -2.56. The number of carbonyl (C=O) groups is 1. The number of primary amides is 1. The van der Waals surface area contributed by atoms with E-state index in [0.29, 0.717) is 19.3 Å². The minimum absolute atomic E-state index is 0.298. The topological polar surface area (TPSA) is 64.3 Å². The maximum Gasteiger partial charge on any atom is 0.244 e. The van der Waals surface area contributed by atoms with Gasteiger partial charge in [-0.15, -0.1) is 0 Å². The van der Waals surface area contributed by atoms with Crippen LogP contribution in [0.1, 0.15) is 44.6 Å². The van der Waals surface area contributed by atoms with Crippen molar-refractivity contribution in [3.8, 4) is 0 Å². The van der Waals surface area contributed by atoms with Crippen molar-refractivity contribution in [2.75, 3.05) is 13.2 Å². The van der Waals surface area contributed by atoms with Gasteiger partial charge < -0.3 is 10.5 Å². The van der Waals surface area contributed by atoms with Crippen LogP contribution >= 0.6 is 0 Å². The molecule has 1 amide bonds. The summed E-state index contributed by atoms with van der Waals surface area (Å²) >= 11 is 0. The molecular weight excluding hydrogens is 264 g/mol. The van der Waals surface area contributed by atoms with E-state index in [9.17, 15) is 4.79 Å². The average molecular weight is 290 g/mol. The predicted molar refractivity (Wildman–Crippen MR) is 83.8 cm³/mol. The molecule has 1 aliphatic rings. The molecule has 3 N–H and O–H groups in total. The fourth-order valence-electron chi connectivity index (χ4n) is 2.47. The van der Waals surface area contributed by atoms with Crippen LogP contribution in [0.5, 0.6) is 0 Å². The second-order valence-electron chi connectivity index (χ2n) is 5.81. The Morgan fingerprint density at radius 3 is 2.62 bits per heavy atom. The lowest BCUT2D eigenvalue weighted by Gasteiger charge is -2.32. The normalized spacial score (nSPS) is 17.4. The van der Waals surface area contributed by atoms with Gasteiger partial charge in [-0.2, -0.15) is 0 Å². The molecule has 1 aromatic rings. The van der Waals surface area contributed by atoms with Crippen molar-refractivity contribution in [1.82, 2.24) is 5.32 Å². The molecule has 1 saturated carbocycles. The maximum absolute atomic E-state index is 12.2. The van der Waals surface area contributed by atoms with E-state index in [4.69, 9.17) is 10.5 Å². The minimum Gasteiger partial charge on any atom is -0.379 e. The molecule has 1 unspecified atom stereocenters. The fourth-order valence-corrected chi connectivity index (χ4v) is 2.47. The first-order valence-corrected chi connectivity index (χ1v) is 7.90. The second-order valence-corrected chi connectivity index (χ2v) is 5.81. The zero-order chi connectivity index (χ0) is 15.1. The summed E-state index contributed by atoms with van der Waals surface area (Å²) in [7, 11) is 0. The van der Waals surface area contributed by atoms with E-state index >= 15 is 0 Å². The molecule has 0 spiro atoms. The van der Waals surface area contributed by atoms with Crippen molar-refractivity contribution in [3.63, 3.8) is 0 Å². The molecule has 0 aromatic heterocycles. The summed E-state index contributed by atoms with van der Waals surface area (Å²) in [6, 6.07) is 10.0. The molecule has 4 nitrogen and oxygen atoms in total. The molecule has 1 aromatic carbocycles. The number of unbranched alkanes of at least 4 members (excludes halogenated alkanes) is 2. The van der Waals surface area contributed by atoms with Crippen LogP contribution in [0.15, 0.2) is 30.3 Å². The summed E-state index contributed by atoms with van der Waals surface area (Å²) in [6.07, 6.45) is 5.51. The highest BCUT2D eigenvalue weighted by atomic mass is 16.5. The Labute approximate surface area is 127 Å². The van der Waals surface area contributed by atoms with Gasteiger partial charge in [0.15, 0.2) is 0 Å². The molecule has 0 aliphatic heterocycles. The second kappa shape index (κ2) is 7.57. The first-order chi connectivity index (χ1) is 10.2. The van der Waals surface area contributed by atoms with Gasteiger partial charge in [-0.3, -0.25) is 10.1 Å². The largest absolute Gasteiger partial charge is 0.379 e. The number of rotatable bonds is 10. The third kappa shape index (κ3) is 4.29. The van der Waals surface area contributed by atoms with Crippen LogP contribution in [0, 0.1) is 0 Å². The number of nitrogens with one attached hydrogen (secondary N) is 1. The van der Waals surface area contributed by atoms with Crippen LogP contribution in [0.2, 0.25) is 0 Å². The van der Waals surface area contributed by atoms with Crippen LogP contribution in [-0.2, 0) is 15.1 Å². The van der Waals surface area contributed by atoms with E-state index in [2.05, 4.69) is 12.2 Å². The smallest absolute Gasteiger partial charge is 0.244 e. The number of nitrogens with two attached hydrogens (primary N) is 1. The van der Waals surface area contributed by atoms with Gasteiger partial charge in [-0.25, -0.2) is 0 Å². The fraction of sp³-hybridized carbons (Fsp3) is 0.588. The zero-order valence-corrected chi connectivity index (χ0v) is 12.8. The van der Waals surface area contributed by atoms with E-state index in [1.165, 1.54) is 0 Å². The van der Waals surface area contributed by atoms with E-state index < -0.39 is 5.54 Å². The van der Waals surface area contributed by atoms with E-state index in [1.807, 2.05) is 30.3 Å². The van der Waals surface area contributed by atoms with E-state index in [0.717, 1.165) is 37.7 Å². The molecule has 1 atom stereocenters. The predicted octanol–water partition coefficient (Wildman–Crippen LogP) is 2.33. The number of ether oxygens (including phenoxy) is 1. The number of hydrogen-bond donors (Lipinski definition) is 2. The van der Waals surface area contributed by atoms with Crippen molar-refractivity contribution in [2.24, 2.45) is 5.73 Å². The molecule has 1 aliphatic carbocycles. The Kier molecular flexibility index (Phi) is 5.76. The Balaban J connectivity index is 2.09. The molecule has 0 radical (unpaired) electrons. The van der Waals surface area contributed by atoms with Gasteiger partial charge >= 0.3 is 0 Å². The lowest BCUT2D eigenvalue weighted by atomic mass is 9.89. The SMILES string of the molecule is CCCCCOCC(NC1CC1)(C(N)=O)c1ccccc1. The van der Waals surface area contributed by atoms with Crippen LogP contribution in [0.3, 0.4) is 0 Å². The van der Waals surface area contributed by atoms with Gasteiger partial charge in [0.2, 0.25) is 5.91 Å². The number of amides is 1. The summed E-state index contributed by atoms with van der Waals surface area (Å²) in [5.41, 5.74) is 5.72. The molecule has 116 valence electrons. The highest BCUT2D eigenvalue weighted by Crippen LogP contribution is 2.29. The monoisotopic (exact) mass is 290 g/mol. The van der Waals surface area contributed by atoms with Crippen LogP contribution in [0.4, 0.5) is 0 Å². The third-order valence-electron chi connectivity index (χ3n) is 3.93. The number of benzene rings is 1. The van der Waals surface area contributed by atoms with Crippen molar-refractivity contribution < 1.29 is 9.53 Å². The van der Waals surface area contributed by atoms with E-state index in [-0.39, 0.29) is 5.91 Å². The quantitative estimate of drug-likeness (QED) is 0.650. The van der Waals surface area contributed by atoms with Gasteiger partial charge in [-0.05, 0) is 24.8 Å². The minimum atomic E-state index is -0.908. The summed E-state index contributed by atoms with van der Waals surface area (Å²) in [5.74, 6) is -0.365. The van der Waals surface area contributed by atoms with Gasteiger partial charge in [0.1, 0.15) is 5.54 Å². The highest BCUT2D eigenvalue weighted by Gasteiger charge is 2.43. The first kappa shape index (κ1) is 16.0. The van der Waals surface area contributed by atoms with Crippen molar-refractivity contribution >= 4 is 5.91 Å². The lowest BCUT2D eigenvalue weighted by molar-refractivity contribution is -0.127. The average Bonchev–Trinajstić information content (AvgIpc) is 3.30. The third-order valence-corrected chi connectivity index (χ3v) is 3.93. The molecule has 0 saturated heterocycles. The molecule has 0 heterocycles. The summed E-state index contributed by atoms with van der Waals surface area (Å²) in [5, 5.41) is 3.41. The summed E-state index contributed by atoms with van der Waals surface area (Å²) in [6.45, 7) is 3.13. The molecule has 2 rings (SSSR count). The molecule has 0 bridgehead atoms. The van der Waals surface area contributed by atoms with Gasteiger partial charge in [0.25, 0.3) is 0 Å². The van der Waals surface area contributed by atoms with Crippen molar-refractivity contribution in [3.05, 3.63) is 35.9 Å². The Morgan fingerprint density at radius 1 is 1.33 bits per heavy atom. The summed E-state index contributed by atoms with van der Waals surface area (Å²) in [4.78, 5) is 12.2. The van der Waals surface area contributed by atoms with Crippen LogP contribution < -0.4 is 11.1 Å². The van der Waals surface area contributed by atoms with Crippen molar-refractivity contribution in [1.29, 1.82) is 0 Å². The van der Waals surface area contributed by atoms with Gasteiger partial charge in [-0.1, -0.05) is 50.1 Å². The van der Waals surface area contributed by atoms with Crippen LogP contribution in [0.25, 0.3) is 0 Å². The molecule has 21 heavy (non-hydrogen) atoms. The first-order valence-electron chi connectivity index (χ1n) is 7.90. The van der Waals surface area contributed by atoms with Crippen molar-refractivity contribution in [2.45, 2.75) is 50.6 Å².